The van der Waals surface area contributed by atoms with Crippen LogP contribution in [0.25, 0.3) is 0 Å². The van der Waals surface area contributed by atoms with E-state index in [2.05, 4.69) is 0 Å². The Morgan fingerprint density at radius 2 is 1.92 bits per heavy atom. The summed E-state index contributed by atoms with van der Waals surface area (Å²) in [5.74, 6) is -0.970. The van der Waals surface area contributed by atoms with Crippen molar-refractivity contribution < 1.29 is 24.0 Å². The highest BCUT2D eigenvalue weighted by molar-refractivity contribution is 5.84. The number of hydrogen-bond donors (Lipinski definition) is 0. The van der Waals surface area contributed by atoms with Crippen molar-refractivity contribution >= 4 is 17.6 Å². The number of rotatable bonds is 5. The monoisotopic (exact) mass is 350 g/mol. The lowest BCUT2D eigenvalue weighted by atomic mass is 10.1. The molecular formula is C17H22N2O6. The van der Waals surface area contributed by atoms with Gasteiger partial charge in [0.15, 0.2) is 6.10 Å². The summed E-state index contributed by atoms with van der Waals surface area (Å²) >= 11 is 0. The van der Waals surface area contributed by atoms with Crippen LogP contribution in [0.3, 0.4) is 0 Å². The predicted octanol–water partition coefficient (Wildman–Crippen LogP) is 1.70. The van der Waals surface area contributed by atoms with Crippen LogP contribution in [0.2, 0.25) is 0 Å². The molecule has 0 aliphatic carbocycles. The number of carbonyl (C=O) groups excluding carboxylic acids is 2. The van der Waals surface area contributed by atoms with Crippen LogP contribution in [0.1, 0.15) is 26.3 Å². The first-order chi connectivity index (χ1) is 11.8. The number of benzene rings is 1. The minimum absolute atomic E-state index is 0.0810. The lowest BCUT2D eigenvalue weighted by Crippen LogP contribution is -2.51. The van der Waals surface area contributed by atoms with Crippen molar-refractivity contribution in [2.24, 2.45) is 0 Å². The fourth-order valence-electron chi connectivity index (χ4n) is 2.90. The summed E-state index contributed by atoms with van der Waals surface area (Å²) in [4.78, 5) is 36.6. The van der Waals surface area contributed by atoms with E-state index in [1.54, 1.807) is 11.0 Å². The van der Waals surface area contributed by atoms with Gasteiger partial charge in [-0.3, -0.25) is 19.7 Å². The summed E-state index contributed by atoms with van der Waals surface area (Å²) in [5, 5.41) is 11.0. The molecule has 0 saturated carbocycles. The summed E-state index contributed by atoms with van der Waals surface area (Å²) in [5.41, 5.74) is 0.111. The third-order valence-electron chi connectivity index (χ3n) is 3.91. The van der Waals surface area contributed by atoms with Crippen LogP contribution in [-0.4, -0.2) is 53.1 Å². The molecule has 0 N–H and O–H groups in total. The topological polar surface area (TPSA) is 99.0 Å². The molecule has 1 heterocycles. The summed E-state index contributed by atoms with van der Waals surface area (Å²) in [7, 11) is 0. The van der Waals surface area contributed by atoms with Gasteiger partial charge in [-0.25, -0.2) is 0 Å². The molecule has 1 saturated heterocycles. The molecule has 1 fully saturated rings. The van der Waals surface area contributed by atoms with Crippen molar-refractivity contribution in [3.8, 4) is 0 Å². The zero-order chi connectivity index (χ0) is 18.6. The van der Waals surface area contributed by atoms with Crippen LogP contribution in [0, 0.1) is 10.1 Å². The molecule has 3 atom stereocenters. The first-order valence-electron chi connectivity index (χ1n) is 8.14. The smallest absolute Gasteiger partial charge is 0.311 e. The molecule has 0 radical (unpaired) electrons. The number of hydrogen-bond acceptors (Lipinski definition) is 6. The van der Waals surface area contributed by atoms with Crippen LogP contribution in [-0.2, 0) is 25.5 Å². The van der Waals surface area contributed by atoms with Gasteiger partial charge < -0.3 is 14.4 Å². The maximum atomic E-state index is 12.4. The second kappa shape index (κ2) is 8.06. The van der Waals surface area contributed by atoms with Crippen LogP contribution in [0.4, 0.5) is 5.69 Å². The van der Waals surface area contributed by atoms with E-state index in [0.29, 0.717) is 13.1 Å². The van der Waals surface area contributed by atoms with E-state index in [9.17, 15) is 19.7 Å². The van der Waals surface area contributed by atoms with E-state index in [0.717, 1.165) is 0 Å². The Bertz CT molecular complexity index is 652. The largest absolute Gasteiger partial charge is 0.452 e. The third-order valence-corrected chi connectivity index (χ3v) is 3.91. The highest BCUT2D eigenvalue weighted by Crippen LogP contribution is 2.19. The van der Waals surface area contributed by atoms with Gasteiger partial charge in [-0.1, -0.05) is 18.2 Å². The molecule has 0 bridgehead atoms. The third kappa shape index (κ3) is 4.99. The van der Waals surface area contributed by atoms with Gasteiger partial charge in [0.2, 0.25) is 0 Å². The number of ether oxygens (including phenoxy) is 2. The molecule has 136 valence electrons. The number of esters is 1. The van der Waals surface area contributed by atoms with Crippen LogP contribution >= 0.6 is 0 Å². The fraction of sp³-hybridized carbons (Fsp3) is 0.529. The van der Waals surface area contributed by atoms with Gasteiger partial charge in [0.05, 0.1) is 23.6 Å². The number of nitrogens with zero attached hydrogens (tertiary/aromatic N) is 2. The summed E-state index contributed by atoms with van der Waals surface area (Å²) in [6.07, 6.45) is -1.37. The summed E-state index contributed by atoms with van der Waals surface area (Å²) < 4.78 is 10.8. The highest BCUT2D eigenvalue weighted by Gasteiger charge is 2.30. The molecule has 25 heavy (non-hydrogen) atoms. The van der Waals surface area contributed by atoms with E-state index >= 15 is 0 Å². The summed E-state index contributed by atoms with van der Waals surface area (Å²) in [6, 6.07) is 5.96. The van der Waals surface area contributed by atoms with E-state index in [1.165, 1.54) is 25.1 Å². The number of para-hydroxylation sites is 1. The van der Waals surface area contributed by atoms with Crippen molar-refractivity contribution in [3.63, 3.8) is 0 Å². The first-order valence-corrected chi connectivity index (χ1v) is 8.14. The fourth-order valence-corrected chi connectivity index (χ4v) is 2.90. The lowest BCUT2D eigenvalue weighted by molar-refractivity contribution is -0.385. The van der Waals surface area contributed by atoms with Crippen molar-refractivity contribution in [1.82, 2.24) is 4.90 Å². The zero-order valence-corrected chi connectivity index (χ0v) is 14.5. The molecule has 1 aromatic carbocycles. The van der Waals surface area contributed by atoms with Crippen LogP contribution in [0.5, 0.6) is 0 Å². The van der Waals surface area contributed by atoms with Gasteiger partial charge in [-0.2, -0.15) is 0 Å². The Balaban J connectivity index is 1.96. The maximum Gasteiger partial charge on any atom is 0.311 e. The van der Waals surface area contributed by atoms with E-state index in [-0.39, 0.29) is 35.8 Å². The lowest BCUT2D eigenvalue weighted by Gasteiger charge is -2.36. The Labute approximate surface area is 145 Å². The van der Waals surface area contributed by atoms with Crippen molar-refractivity contribution in [3.05, 3.63) is 39.9 Å². The number of amides is 1. The van der Waals surface area contributed by atoms with Gasteiger partial charge in [0.1, 0.15) is 0 Å². The second-order valence-electron chi connectivity index (χ2n) is 6.20. The number of carbonyl (C=O) groups is 2. The molecular weight excluding hydrogens is 328 g/mol. The number of nitro groups is 1. The molecule has 8 heteroatoms. The predicted molar refractivity (Wildman–Crippen MR) is 88.9 cm³/mol. The van der Waals surface area contributed by atoms with Gasteiger partial charge in [-0.05, 0) is 20.8 Å². The standard InChI is InChI=1S/C17H22N2O6/c1-11-9-18(10-12(2)24-11)17(21)13(3)25-16(20)8-14-6-4-5-7-15(14)19(22)23/h4-7,11-13H,8-10H2,1-3H3. The molecule has 0 aromatic heterocycles. The van der Waals surface area contributed by atoms with Crippen LogP contribution < -0.4 is 0 Å². The van der Waals surface area contributed by atoms with Crippen molar-refractivity contribution in [2.75, 3.05) is 13.1 Å². The molecule has 0 spiro atoms. The Morgan fingerprint density at radius 3 is 2.52 bits per heavy atom. The number of nitro benzene ring substituents is 1. The van der Waals surface area contributed by atoms with Crippen LogP contribution in [0.15, 0.2) is 24.3 Å². The Kier molecular flexibility index (Phi) is 6.08. The number of morpholine rings is 1. The SMILES string of the molecule is CC1CN(C(=O)C(C)OC(=O)Cc2ccccc2[N+](=O)[O-])CC(C)O1. The van der Waals surface area contributed by atoms with Gasteiger partial charge in [-0.15, -0.1) is 0 Å². The van der Waals surface area contributed by atoms with Gasteiger partial charge in [0, 0.05) is 24.7 Å². The quantitative estimate of drug-likeness (QED) is 0.455. The molecule has 2 rings (SSSR count). The van der Waals surface area contributed by atoms with E-state index < -0.39 is 17.0 Å². The normalized spacial score (nSPS) is 21.5. The minimum Gasteiger partial charge on any atom is -0.452 e. The Hall–Kier alpha value is -2.48. The first kappa shape index (κ1) is 18.9. The van der Waals surface area contributed by atoms with Gasteiger partial charge >= 0.3 is 5.97 Å². The molecule has 1 amide bonds. The summed E-state index contributed by atoms with van der Waals surface area (Å²) in [6.45, 7) is 6.14. The highest BCUT2D eigenvalue weighted by atomic mass is 16.6. The molecule has 1 aliphatic rings. The average molecular weight is 350 g/mol. The second-order valence-corrected chi connectivity index (χ2v) is 6.20. The molecule has 3 unspecified atom stereocenters. The zero-order valence-electron chi connectivity index (χ0n) is 14.5. The molecule has 8 nitrogen and oxygen atoms in total. The Morgan fingerprint density at radius 1 is 1.32 bits per heavy atom. The molecule has 1 aromatic rings. The van der Waals surface area contributed by atoms with Crippen molar-refractivity contribution in [2.45, 2.75) is 45.5 Å². The maximum absolute atomic E-state index is 12.4. The van der Waals surface area contributed by atoms with E-state index in [4.69, 9.17) is 9.47 Å². The van der Waals surface area contributed by atoms with Gasteiger partial charge in [0.25, 0.3) is 11.6 Å². The molecule has 1 aliphatic heterocycles. The average Bonchev–Trinajstić information content (AvgIpc) is 2.53. The van der Waals surface area contributed by atoms with Crippen molar-refractivity contribution in [1.29, 1.82) is 0 Å². The minimum atomic E-state index is -0.951. The van der Waals surface area contributed by atoms with E-state index in [1.807, 2.05) is 13.8 Å².